The molecule has 0 fully saturated rings. The number of benzene rings is 10. The summed E-state index contributed by atoms with van der Waals surface area (Å²) < 4.78 is 0. The molecule has 0 amide bonds. The summed E-state index contributed by atoms with van der Waals surface area (Å²) in [7, 11) is 8.27. The van der Waals surface area contributed by atoms with Crippen LogP contribution in [-0.2, 0) is 78.6 Å². The van der Waals surface area contributed by atoms with Gasteiger partial charge in [-0.3, -0.25) is 0 Å². The minimum atomic E-state index is 0. The Labute approximate surface area is 618 Å². The van der Waals surface area contributed by atoms with E-state index in [2.05, 4.69) is 141 Å². The molecule has 10 heteroatoms. The van der Waals surface area contributed by atoms with Gasteiger partial charge in [-0.25, -0.2) is 0 Å². The van der Waals surface area contributed by atoms with E-state index in [1.807, 2.05) is 234 Å². The second-order valence-electron chi connectivity index (χ2n) is 24.2. The Hall–Kier alpha value is -7.77. The molecule has 0 aliphatic heterocycles. The zero-order valence-electron chi connectivity index (χ0n) is 59.4. The summed E-state index contributed by atoms with van der Waals surface area (Å²) >= 11 is 0. The van der Waals surface area contributed by atoms with Crippen LogP contribution in [-0.4, -0.2) is 94.4 Å². The van der Waals surface area contributed by atoms with Crippen molar-refractivity contribution < 1.29 is 72.8 Å². The summed E-state index contributed by atoms with van der Waals surface area (Å²) in [5.41, 5.74) is 18.7. The molecule has 0 heterocycles. The number of nitrogens with zero attached hydrogens (tertiary/aromatic N) is 4. The molecule has 0 atom stereocenters. The van der Waals surface area contributed by atoms with Crippen LogP contribution in [0.3, 0.4) is 0 Å². The van der Waals surface area contributed by atoms with Gasteiger partial charge in [0.15, 0.2) is 0 Å². The molecule has 8 nitrogen and oxygen atoms in total. The summed E-state index contributed by atoms with van der Waals surface area (Å²) in [6, 6.07) is 75.5. The first kappa shape index (κ1) is 86.2. The van der Waals surface area contributed by atoms with Crippen molar-refractivity contribution in [2.75, 3.05) is 54.4 Å². The van der Waals surface area contributed by atoms with Crippen LogP contribution in [0.4, 0.5) is 0 Å². The SMILES string of the molecule is Cc1cc(C)c(O)c(CN(C)CCN(C)Cc2cc(C)cc(C)c2O)c1.Cc1cc(C)c(O)c(CN(C)CCN(C)Cc2cc(C)cc(C)c2O)c1.[CH2-]c1ccccc1.[CH2-]c1ccccc1.[CH2-]c1ccccc1.[CH2-]c1ccccc1.[CH2-]c1ccccc1.[CH2-]c1ccccc1.[Zr+4].[Zr+4]. The molecule has 0 aliphatic rings. The molecule has 500 valence electrons. The average molecular weight is 1440 g/mol. The number of aromatic hydroxyl groups is 4. The molecule has 10 aromatic rings. The largest absolute Gasteiger partial charge is 4.00 e. The molecule has 0 unspecified atom stereocenters. The molecule has 4 N–H and O–H groups in total. The molecular formula is C86H106N4O4Zr2+2. The van der Waals surface area contributed by atoms with E-state index in [-0.39, 0.29) is 52.4 Å². The number of phenolic OH excluding ortho intramolecular Hbond substituents is 4. The van der Waals surface area contributed by atoms with Crippen LogP contribution in [0.1, 0.15) is 100 Å². The van der Waals surface area contributed by atoms with Gasteiger partial charge in [-0.1, -0.05) is 107 Å². The summed E-state index contributed by atoms with van der Waals surface area (Å²) in [6.07, 6.45) is 0. The Bertz CT molecular complexity index is 3120. The van der Waals surface area contributed by atoms with Crippen molar-refractivity contribution in [2.24, 2.45) is 0 Å². The summed E-state index contributed by atoms with van der Waals surface area (Å²) in [6.45, 7) is 44.7. The van der Waals surface area contributed by atoms with Gasteiger partial charge in [0, 0.05) is 74.6 Å². The first-order valence-corrected chi connectivity index (χ1v) is 31.8. The third-order valence-corrected chi connectivity index (χ3v) is 14.6. The maximum Gasteiger partial charge on any atom is 4.00 e. The number of likely N-dealkylation sites (N-methyl/N-ethyl adjacent to an activating group) is 4. The predicted molar refractivity (Wildman–Crippen MR) is 401 cm³/mol. The molecule has 10 aromatic carbocycles. The fourth-order valence-electron chi connectivity index (χ4n) is 9.70. The van der Waals surface area contributed by atoms with Crippen LogP contribution in [0.25, 0.3) is 0 Å². The van der Waals surface area contributed by atoms with Crippen molar-refractivity contribution in [1.29, 1.82) is 0 Å². The van der Waals surface area contributed by atoms with E-state index >= 15 is 0 Å². The second-order valence-corrected chi connectivity index (χ2v) is 24.2. The Morgan fingerprint density at radius 1 is 0.240 bits per heavy atom. The zero-order valence-corrected chi connectivity index (χ0v) is 64.3. The van der Waals surface area contributed by atoms with Gasteiger partial charge in [-0.15, -0.1) is 72.8 Å². The summed E-state index contributed by atoms with van der Waals surface area (Å²) in [5, 5.41) is 41.0. The quantitative estimate of drug-likeness (QED) is 0.0801. The molecule has 0 aliphatic carbocycles. The normalized spacial score (nSPS) is 10.0. The Morgan fingerprint density at radius 3 is 0.490 bits per heavy atom. The minimum Gasteiger partial charge on any atom is -0.507 e. The van der Waals surface area contributed by atoms with Crippen molar-refractivity contribution in [1.82, 2.24) is 19.6 Å². The van der Waals surface area contributed by atoms with Crippen LogP contribution in [0.2, 0.25) is 0 Å². The summed E-state index contributed by atoms with van der Waals surface area (Å²) in [5.74, 6) is 1.60. The van der Waals surface area contributed by atoms with E-state index in [0.29, 0.717) is 23.0 Å². The van der Waals surface area contributed by atoms with E-state index in [4.69, 9.17) is 0 Å². The van der Waals surface area contributed by atoms with Crippen molar-refractivity contribution in [3.63, 3.8) is 0 Å². The van der Waals surface area contributed by atoms with Gasteiger partial charge in [0.05, 0.1) is 0 Å². The van der Waals surface area contributed by atoms with Gasteiger partial charge in [0.2, 0.25) is 0 Å². The zero-order chi connectivity index (χ0) is 69.5. The van der Waals surface area contributed by atoms with Gasteiger partial charge >= 0.3 is 52.4 Å². The third-order valence-electron chi connectivity index (χ3n) is 14.6. The van der Waals surface area contributed by atoms with Gasteiger partial charge in [-0.2, -0.15) is 148 Å². The van der Waals surface area contributed by atoms with Gasteiger partial charge < -0.3 is 40.0 Å². The third kappa shape index (κ3) is 36.9. The number of phenols is 4. The Kier molecular flexibility index (Phi) is 43.1. The van der Waals surface area contributed by atoms with E-state index in [1.54, 1.807) is 0 Å². The molecule has 0 radical (unpaired) electrons. The van der Waals surface area contributed by atoms with Crippen molar-refractivity contribution in [3.05, 3.63) is 372 Å². The minimum absolute atomic E-state index is 0. The fraction of sp³-hybridized carbons (Fsp3) is 0.233. The monoisotopic (exact) mass is 1440 g/mol. The van der Waals surface area contributed by atoms with Crippen molar-refractivity contribution in [3.8, 4) is 23.0 Å². The van der Waals surface area contributed by atoms with Crippen LogP contribution >= 0.6 is 0 Å². The molecule has 0 saturated heterocycles. The Morgan fingerprint density at radius 2 is 0.375 bits per heavy atom. The standard InChI is InChI=1S/2C22H32N2O2.6C7H7.2Zr/c2*1-15-9-17(3)21(25)19(11-15)13-23(5)7-8-24(6)14-20-12-16(2)10-18(4)22(20)26;6*1-7-5-3-2-4-6-7;;/h2*9-12,25-26H,7-8,13-14H2,1-6H3;6*2-6H,1H2;;/q;;6*-1;2*+4. The van der Waals surface area contributed by atoms with E-state index in [0.717, 1.165) is 130 Å². The van der Waals surface area contributed by atoms with Crippen molar-refractivity contribution in [2.45, 2.75) is 81.6 Å². The first-order valence-electron chi connectivity index (χ1n) is 31.8. The van der Waals surface area contributed by atoms with Crippen LogP contribution in [0.15, 0.2) is 231 Å². The topological polar surface area (TPSA) is 93.9 Å². The molecular weight excluding hydrogens is 1340 g/mol. The fourth-order valence-corrected chi connectivity index (χ4v) is 9.70. The second kappa shape index (κ2) is 48.0. The maximum absolute atomic E-state index is 10.3. The number of hydrogen-bond acceptors (Lipinski definition) is 8. The molecule has 0 spiro atoms. The molecule has 10 rings (SSSR count). The Balaban J connectivity index is 0.000000597. The number of aryl methyl sites for hydroxylation is 8. The van der Waals surface area contributed by atoms with E-state index < -0.39 is 0 Å². The van der Waals surface area contributed by atoms with E-state index in [9.17, 15) is 20.4 Å². The molecule has 0 aromatic heterocycles. The smallest absolute Gasteiger partial charge is 0.507 e. The van der Waals surface area contributed by atoms with Crippen LogP contribution in [0, 0.1) is 96.9 Å². The van der Waals surface area contributed by atoms with Crippen LogP contribution in [0.5, 0.6) is 23.0 Å². The van der Waals surface area contributed by atoms with Gasteiger partial charge in [-0.05, 0) is 106 Å². The summed E-state index contributed by atoms with van der Waals surface area (Å²) in [4.78, 5) is 8.86. The van der Waals surface area contributed by atoms with Crippen LogP contribution < -0.4 is 0 Å². The average Bonchev–Trinajstić information content (AvgIpc) is 0.923. The predicted octanol–water partition coefficient (Wildman–Crippen LogP) is 19.0. The van der Waals surface area contributed by atoms with Gasteiger partial charge in [0.1, 0.15) is 23.0 Å². The van der Waals surface area contributed by atoms with Gasteiger partial charge in [0.25, 0.3) is 0 Å². The molecule has 0 saturated carbocycles. The first-order chi connectivity index (χ1) is 44.7. The van der Waals surface area contributed by atoms with E-state index in [1.165, 1.54) is 22.3 Å². The molecule has 96 heavy (non-hydrogen) atoms. The molecule has 0 bridgehead atoms. The number of rotatable bonds is 14. The van der Waals surface area contributed by atoms with Crippen molar-refractivity contribution >= 4 is 0 Å². The number of hydrogen-bond donors (Lipinski definition) is 4. The maximum atomic E-state index is 10.3.